The van der Waals surface area contributed by atoms with Crippen molar-refractivity contribution in [3.05, 3.63) is 64.2 Å². The van der Waals surface area contributed by atoms with Crippen LogP contribution in [0.1, 0.15) is 54.2 Å². The maximum atomic E-state index is 12.7. The number of carbonyl (C=O) groups excluding carboxylic acids is 2. The number of anilines is 1. The lowest BCUT2D eigenvalue weighted by atomic mass is 10.1. The van der Waals surface area contributed by atoms with Gasteiger partial charge in [-0.1, -0.05) is 26.0 Å². The average molecular weight is 449 g/mol. The van der Waals surface area contributed by atoms with Crippen molar-refractivity contribution in [2.45, 2.75) is 60.9 Å². The van der Waals surface area contributed by atoms with Crippen LogP contribution in [0.25, 0.3) is 5.95 Å². The number of hydrogen-bond donors (Lipinski definition) is 2. The molecule has 0 spiro atoms. The van der Waals surface area contributed by atoms with E-state index in [-0.39, 0.29) is 24.2 Å². The summed E-state index contributed by atoms with van der Waals surface area (Å²) in [6.45, 7) is 11.9. The molecule has 1 unspecified atom stereocenters. The summed E-state index contributed by atoms with van der Waals surface area (Å²) in [5, 5.41) is 10.5. The molecule has 0 aliphatic heterocycles. The van der Waals surface area contributed by atoms with Crippen molar-refractivity contribution in [3.8, 4) is 5.95 Å². The van der Waals surface area contributed by atoms with Gasteiger partial charge in [0, 0.05) is 40.8 Å². The van der Waals surface area contributed by atoms with Crippen LogP contribution in [0.4, 0.5) is 5.69 Å². The molecular formula is C25H32N6O2. The number of nitrogens with zero attached hydrogens (tertiary/aromatic N) is 4. The Morgan fingerprint density at radius 1 is 1.06 bits per heavy atom. The van der Waals surface area contributed by atoms with E-state index in [1.807, 2.05) is 71.9 Å². The molecule has 0 aliphatic carbocycles. The minimum atomic E-state index is -0.101. The molecule has 2 heterocycles. The molecule has 0 saturated carbocycles. The van der Waals surface area contributed by atoms with Gasteiger partial charge >= 0.3 is 0 Å². The Labute approximate surface area is 194 Å². The number of rotatable bonds is 8. The number of nitrogens with one attached hydrogen (secondary N) is 2. The second kappa shape index (κ2) is 10.4. The van der Waals surface area contributed by atoms with Gasteiger partial charge in [0.15, 0.2) is 0 Å². The summed E-state index contributed by atoms with van der Waals surface area (Å²) in [4.78, 5) is 33.8. The van der Waals surface area contributed by atoms with E-state index in [4.69, 9.17) is 0 Å². The minimum absolute atomic E-state index is 0.00516. The van der Waals surface area contributed by atoms with E-state index < -0.39 is 0 Å². The predicted octanol–water partition coefficient (Wildman–Crippen LogP) is 3.74. The van der Waals surface area contributed by atoms with Gasteiger partial charge < -0.3 is 10.6 Å². The van der Waals surface area contributed by atoms with Crippen molar-refractivity contribution in [3.63, 3.8) is 0 Å². The van der Waals surface area contributed by atoms with Crippen LogP contribution in [0, 0.1) is 33.6 Å². The number of hydrogen-bond acceptors (Lipinski definition) is 5. The van der Waals surface area contributed by atoms with Crippen LogP contribution >= 0.6 is 0 Å². The molecule has 174 valence electrons. The van der Waals surface area contributed by atoms with Crippen molar-refractivity contribution in [2.75, 3.05) is 5.32 Å². The highest BCUT2D eigenvalue weighted by atomic mass is 16.2. The normalized spacial score (nSPS) is 11.8. The van der Waals surface area contributed by atoms with Crippen LogP contribution in [0.5, 0.6) is 0 Å². The van der Waals surface area contributed by atoms with Crippen LogP contribution in [0.15, 0.2) is 30.3 Å². The summed E-state index contributed by atoms with van der Waals surface area (Å²) in [5.74, 6) is 0.358. The third-order valence-electron chi connectivity index (χ3n) is 5.68. The second-order valence-corrected chi connectivity index (χ2v) is 8.46. The molecule has 0 aliphatic rings. The molecule has 3 rings (SSSR count). The van der Waals surface area contributed by atoms with Crippen LogP contribution in [-0.4, -0.2) is 31.6 Å². The van der Waals surface area contributed by atoms with Gasteiger partial charge in [-0.05, 0) is 57.9 Å². The van der Waals surface area contributed by atoms with Gasteiger partial charge in [-0.15, -0.1) is 0 Å². The summed E-state index contributed by atoms with van der Waals surface area (Å²) in [5.41, 5.74) is 5.87. The summed E-state index contributed by atoms with van der Waals surface area (Å²) < 4.78 is 1.70. The van der Waals surface area contributed by atoms with Gasteiger partial charge in [-0.2, -0.15) is 5.10 Å². The zero-order valence-electron chi connectivity index (χ0n) is 20.2. The van der Waals surface area contributed by atoms with Crippen LogP contribution in [0.3, 0.4) is 0 Å². The summed E-state index contributed by atoms with van der Waals surface area (Å²) in [7, 11) is 0. The van der Waals surface area contributed by atoms with Crippen LogP contribution in [0.2, 0.25) is 0 Å². The molecule has 0 fully saturated rings. The first-order chi connectivity index (χ1) is 15.7. The predicted molar refractivity (Wildman–Crippen MR) is 128 cm³/mol. The van der Waals surface area contributed by atoms with Crippen molar-refractivity contribution in [1.82, 2.24) is 25.1 Å². The van der Waals surface area contributed by atoms with Crippen molar-refractivity contribution in [2.24, 2.45) is 5.92 Å². The summed E-state index contributed by atoms with van der Waals surface area (Å²) in [6, 6.07) is 9.43. The molecular weight excluding hydrogens is 416 g/mol. The van der Waals surface area contributed by atoms with E-state index in [0.717, 1.165) is 46.0 Å². The molecule has 1 atom stereocenters. The van der Waals surface area contributed by atoms with Crippen LogP contribution in [-0.2, 0) is 22.6 Å². The lowest BCUT2D eigenvalue weighted by Gasteiger charge is -2.11. The SMILES string of the molecule is CCC(C)C(=O)Nc1cccc(CNC(=O)Cc2c(C)nn(-c3nc(C)cc(C)n3)c2C)c1. The smallest absolute Gasteiger partial charge is 0.251 e. The Morgan fingerprint density at radius 3 is 2.42 bits per heavy atom. The number of benzene rings is 1. The third kappa shape index (κ3) is 6.03. The molecule has 33 heavy (non-hydrogen) atoms. The molecule has 8 nitrogen and oxygen atoms in total. The average Bonchev–Trinajstić information content (AvgIpc) is 3.05. The Hall–Kier alpha value is -3.55. The highest BCUT2D eigenvalue weighted by Crippen LogP contribution is 2.18. The Bertz CT molecular complexity index is 1150. The van der Waals surface area contributed by atoms with Gasteiger partial charge in [-0.3, -0.25) is 9.59 Å². The minimum Gasteiger partial charge on any atom is -0.352 e. The van der Waals surface area contributed by atoms with Gasteiger partial charge in [0.25, 0.3) is 5.95 Å². The highest BCUT2D eigenvalue weighted by Gasteiger charge is 2.18. The third-order valence-corrected chi connectivity index (χ3v) is 5.68. The Morgan fingerprint density at radius 2 is 1.76 bits per heavy atom. The van der Waals surface area contributed by atoms with Gasteiger partial charge in [0.05, 0.1) is 12.1 Å². The summed E-state index contributed by atoms with van der Waals surface area (Å²) >= 11 is 0. The molecule has 0 bridgehead atoms. The molecule has 0 radical (unpaired) electrons. The van der Waals surface area contributed by atoms with Gasteiger partial charge in [0.2, 0.25) is 11.8 Å². The lowest BCUT2D eigenvalue weighted by molar-refractivity contribution is -0.121. The molecule has 8 heteroatoms. The standard InChI is InChI=1S/C25H32N6O2/c1-7-15(2)24(33)29-21-10-8-9-20(12-21)14-26-23(32)13-22-18(5)30-31(19(22)6)25-27-16(3)11-17(4)28-25/h8-12,15H,7,13-14H2,1-6H3,(H,26,32)(H,29,33). The zero-order valence-corrected chi connectivity index (χ0v) is 20.2. The van der Waals surface area contributed by atoms with Crippen molar-refractivity contribution < 1.29 is 9.59 Å². The van der Waals surface area contributed by atoms with Crippen molar-refractivity contribution >= 4 is 17.5 Å². The first kappa shape index (κ1) is 24.1. The Balaban J connectivity index is 1.66. The van der Waals surface area contributed by atoms with Crippen molar-refractivity contribution in [1.29, 1.82) is 0 Å². The summed E-state index contributed by atoms with van der Waals surface area (Å²) in [6.07, 6.45) is 1.000. The first-order valence-corrected chi connectivity index (χ1v) is 11.2. The van der Waals surface area contributed by atoms with E-state index in [1.54, 1.807) is 4.68 Å². The second-order valence-electron chi connectivity index (χ2n) is 8.46. The molecule has 1 aromatic carbocycles. The van der Waals surface area contributed by atoms with E-state index in [2.05, 4.69) is 25.7 Å². The molecule has 0 saturated heterocycles. The number of carbonyl (C=O) groups is 2. The fourth-order valence-electron chi connectivity index (χ4n) is 3.56. The quantitative estimate of drug-likeness (QED) is 0.547. The number of amides is 2. The van der Waals surface area contributed by atoms with E-state index in [9.17, 15) is 9.59 Å². The number of aryl methyl sites for hydroxylation is 3. The number of aromatic nitrogens is 4. The molecule has 2 amide bonds. The van der Waals surface area contributed by atoms with E-state index >= 15 is 0 Å². The largest absolute Gasteiger partial charge is 0.352 e. The molecule has 2 N–H and O–H groups in total. The monoisotopic (exact) mass is 448 g/mol. The zero-order chi connectivity index (χ0) is 24.1. The highest BCUT2D eigenvalue weighted by molar-refractivity contribution is 5.92. The topological polar surface area (TPSA) is 102 Å². The maximum Gasteiger partial charge on any atom is 0.251 e. The van der Waals surface area contributed by atoms with Gasteiger partial charge in [-0.25, -0.2) is 14.6 Å². The molecule has 3 aromatic rings. The van der Waals surface area contributed by atoms with Gasteiger partial charge in [0.1, 0.15) is 0 Å². The first-order valence-electron chi connectivity index (χ1n) is 11.2. The maximum absolute atomic E-state index is 12.7. The Kier molecular flexibility index (Phi) is 7.58. The van der Waals surface area contributed by atoms with E-state index in [1.165, 1.54) is 0 Å². The fraction of sp³-hybridized carbons (Fsp3) is 0.400. The van der Waals surface area contributed by atoms with Crippen LogP contribution < -0.4 is 10.6 Å². The lowest BCUT2D eigenvalue weighted by Crippen LogP contribution is -2.25. The van der Waals surface area contributed by atoms with E-state index in [0.29, 0.717) is 12.5 Å². The fourth-order valence-corrected chi connectivity index (χ4v) is 3.56. The molecule has 2 aromatic heterocycles.